The molecule has 9 nitrogen and oxygen atoms in total. The van der Waals surface area contributed by atoms with Crippen LogP contribution < -0.4 is 5.32 Å². The summed E-state index contributed by atoms with van der Waals surface area (Å²) in [6.45, 7) is 4.03. The normalized spacial score (nSPS) is 14.2. The number of likely N-dealkylation sites (N-methyl/N-ethyl adjacent to an activating group) is 1. The van der Waals surface area contributed by atoms with Crippen LogP contribution in [0.3, 0.4) is 0 Å². The molecule has 0 aliphatic carbocycles. The van der Waals surface area contributed by atoms with Gasteiger partial charge in [0.2, 0.25) is 0 Å². The highest BCUT2D eigenvalue weighted by Gasteiger charge is 2.26. The molecule has 0 amide bonds. The van der Waals surface area contributed by atoms with E-state index >= 15 is 0 Å². The lowest BCUT2D eigenvalue weighted by Crippen LogP contribution is -2.29. The Hall–Kier alpha value is -2.81. The van der Waals surface area contributed by atoms with Crippen molar-refractivity contribution >= 4 is 19.8 Å². The van der Waals surface area contributed by atoms with E-state index in [-0.39, 0.29) is 26.1 Å². The summed E-state index contributed by atoms with van der Waals surface area (Å²) in [5, 5.41) is 2.81. The van der Waals surface area contributed by atoms with Crippen LogP contribution in [0.25, 0.3) is 0 Å². The monoisotopic (exact) mass is 776 g/mol. The second-order valence-corrected chi connectivity index (χ2v) is 14.6. The van der Waals surface area contributed by atoms with Crippen molar-refractivity contribution < 1.29 is 37.6 Å². The van der Waals surface area contributed by atoms with Crippen molar-refractivity contribution in [1.29, 1.82) is 0 Å². The molecule has 0 saturated carbocycles. The maximum atomic E-state index is 12.6. The molecule has 2 N–H and O–H groups in total. The SMILES string of the molecule is CCCCC/C=C\C/C=C\C/C=C\C/C=C\CCCC(=O)OCC(COP(=O)(O)OCCNC)OC(=O)CCCC/C=C\C/C=C\C/C=C\CCCCC. The first-order chi connectivity index (χ1) is 26.3. The van der Waals surface area contributed by atoms with Gasteiger partial charge in [0.05, 0.1) is 13.2 Å². The van der Waals surface area contributed by atoms with Crippen LogP contribution in [0.15, 0.2) is 85.1 Å². The third-order valence-electron chi connectivity index (χ3n) is 7.99. The van der Waals surface area contributed by atoms with Crippen LogP contribution in [-0.4, -0.2) is 56.3 Å². The van der Waals surface area contributed by atoms with Gasteiger partial charge in [-0.25, -0.2) is 4.57 Å². The maximum absolute atomic E-state index is 12.6. The molecule has 0 heterocycles. The Balaban J connectivity index is 4.44. The minimum Gasteiger partial charge on any atom is -0.462 e. The molecule has 0 aromatic heterocycles. The van der Waals surface area contributed by atoms with Gasteiger partial charge < -0.3 is 19.7 Å². The average molecular weight is 776 g/mol. The maximum Gasteiger partial charge on any atom is 0.472 e. The van der Waals surface area contributed by atoms with E-state index < -0.39 is 32.5 Å². The molecular weight excluding hydrogens is 701 g/mol. The topological polar surface area (TPSA) is 120 Å². The van der Waals surface area contributed by atoms with Crippen molar-refractivity contribution in [1.82, 2.24) is 5.32 Å². The molecule has 2 unspecified atom stereocenters. The van der Waals surface area contributed by atoms with Crippen LogP contribution in [0, 0.1) is 0 Å². The van der Waals surface area contributed by atoms with Crippen molar-refractivity contribution in [3.05, 3.63) is 85.1 Å². The van der Waals surface area contributed by atoms with Gasteiger partial charge in [0.15, 0.2) is 6.10 Å². The van der Waals surface area contributed by atoms with Crippen molar-refractivity contribution in [3.63, 3.8) is 0 Å². The molecule has 10 heteroatoms. The van der Waals surface area contributed by atoms with E-state index in [1.54, 1.807) is 7.05 Å². The number of unbranched alkanes of at least 4 members (excludes halogenated alkanes) is 9. The molecule has 0 radical (unpaired) electrons. The van der Waals surface area contributed by atoms with Crippen molar-refractivity contribution in [2.75, 3.05) is 33.4 Å². The number of carbonyl (C=O) groups is 2. The van der Waals surface area contributed by atoms with Crippen LogP contribution in [0.1, 0.15) is 142 Å². The van der Waals surface area contributed by atoms with E-state index in [1.807, 2.05) is 6.08 Å². The predicted octanol–water partition coefficient (Wildman–Crippen LogP) is 11.5. The van der Waals surface area contributed by atoms with Crippen LogP contribution in [-0.2, 0) is 32.7 Å². The first-order valence-corrected chi connectivity index (χ1v) is 22.0. The van der Waals surface area contributed by atoms with Crippen molar-refractivity contribution in [2.45, 2.75) is 148 Å². The molecule has 0 aliphatic heterocycles. The number of nitrogens with one attached hydrogen (secondary N) is 1. The highest BCUT2D eigenvalue weighted by Crippen LogP contribution is 2.43. The second kappa shape index (κ2) is 39.9. The molecule has 0 saturated heterocycles. The Bertz CT molecular complexity index is 1160. The summed E-state index contributed by atoms with van der Waals surface area (Å²) < 4.78 is 33.0. The lowest BCUT2D eigenvalue weighted by molar-refractivity contribution is -0.161. The average Bonchev–Trinajstić information content (AvgIpc) is 3.15. The van der Waals surface area contributed by atoms with E-state index in [0.717, 1.165) is 57.8 Å². The largest absolute Gasteiger partial charge is 0.472 e. The first kappa shape index (κ1) is 51.2. The van der Waals surface area contributed by atoms with E-state index in [9.17, 15) is 19.0 Å². The van der Waals surface area contributed by atoms with Crippen LogP contribution in [0.2, 0.25) is 0 Å². The third kappa shape index (κ3) is 38.9. The third-order valence-corrected chi connectivity index (χ3v) is 8.97. The second-order valence-electron chi connectivity index (χ2n) is 13.1. The quantitative estimate of drug-likeness (QED) is 0.0275. The van der Waals surface area contributed by atoms with Crippen molar-refractivity contribution in [2.24, 2.45) is 0 Å². The molecule has 0 fully saturated rings. The Morgan fingerprint density at radius 2 is 1.00 bits per heavy atom. The standard InChI is InChI=1S/C44H74NO8P/c1-4-6-8-10-12-14-16-18-20-21-23-24-26-28-30-32-34-36-43(46)50-40-42(41-52-54(48,49)51-39-38-45-3)53-44(47)37-35-33-31-29-27-25-22-19-17-15-13-11-9-7-5-2/h12-15,18-20,22-24,27-30,42,45H,4-11,16-17,21,25-26,31-41H2,1-3H3,(H,48,49)/b14-12-,15-13-,20-18-,22-19-,24-23-,29-27-,30-28-. The minimum atomic E-state index is -4.37. The highest BCUT2D eigenvalue weighted by molar-refractivity contribution is 7.47. The van der Waals surface area contributed by atoms with E-state index in [4.69, 9.17) is 18.5 Å². The zero-order valence-electron chi connectivity index (χ0n) is 33.9. The lowest BCUT2D eigenvalue weighted by atomic mass is 10.1. The Morgan fingerprint density at radius 3 is 1.46 bits per heavy atom. The number of hydrogen-bond acceptors (Lipinski definition) is 8. The molecular formula is C44H74NO8P. The Labute approximate surface area is 328 Å². The van der Waals surface area contributed by atoms with Crippen LogP contribution >= 0.6 is 7.82 Å². The fraction of sp³-hybridized carbons (Fsp3) is 0.636. The first-order valence-electron chi connectivity index (χ1n) is 20.5. The minimum absolute atomic E-state index is 0.0373. The van der Waals surface area contributed by atoms with E-state index in [2.05, 4.69) is 98.2 Å². The molecule has 0 aromatic carbocycles. The van der Waals surface area contributed by atoms with Gasteiger partial charge >= 0.3 is 19.8 Å². The smallest absolute Gasteiger partial charge is 0.462 e. The van der Waals surface area contributed by atoms with E-state index in [0.29, 0.717) is 19.4 Å². The van der Waals surface area contributed by atoms with Gasteiger partial charge in [0.25, 0.3) is 0 Å². The molecule has 0 rings (SSSR count). The zero-order valence-corrected chi connectivity index (χ0v) is 34.8. The highest BCUT2D eigenvalue weighted by atomic mass is 31.2. The zero-order chi connectivity index (χ0) is 39.6. The number of rotatable bonds is 37. The molecule has 308 valence electrons. The molecule has 0 aliphatic rings. The van der Waals surface area contributed by atoms with Gasteiger partial charge in [-0.2, -0.15) is 0 Å². The summed E-state index contributed by atoms with van der Waals surface area (Å²) in [6.07, 6.45) is 47.8. The number of phosphoric ester groups is 1. The van der Waals surface area contributed by atoms with Gasteiger partial charge in [0, 0.05) is 19.4 Å². The number of phosphoric acid groups is 1. The predicted molar refractivity (Wildman–Crippen MR) is 224 cm³/mol. The summed E-state index contributed by atoms with van der Waals surface area (Å²) in [6, 6.07) is 0. The van der Waals surface area contributed by atoms with Crippen molar-refractivity contribution in [3.8, 4) is 0 Å². The Kier molecular flexibility index (Phi) is 37.8. The summed E-state index contributed by atoms with van der Waals surface area (Å²) in [4.78, 5) is 34.9. The number of carbonyl (C=O) groups excluding carboxylic acids is 2. The molecule has 0 bridgehead atoms. The molecule has 54 heavy (non-hydrogen) atoms. The summed E-state index contributed by atoms with van der Waals surface area (Å²) in [7, 11) is -2.69. The van der Waals surface area contributed by atoms with Gasteiger partial charge in [0.1, 0.15) is 6.61 Å². The molecule has 0 aromatic rings. The number of esters is 2. The van der Waals surface area contributed by atoms with Crippen LogP contribution in [0.5, 0.6) is 0 Å². The van der Waals surface area contributed by atoms with Crippen LogP contribution in [0.4, 0.5) is 0 Å². The fourth-order valence-electron chi connectivity index (χ4n) is 4.84. The van der Waals surface area contributed by atoms with Gasteiger partial charge in [-0.3, -0.25) is 18.6 Å². The Morgan fingerprint density at radius 1 is 0.574 bits per heavy atom. The fourth-order valence-corrected chi connectivity index (χ4v) is 5.59. The number of allylic oxidation sites excluding steroid dienone is 14. The lowest BCUT2D eigenvalue weighted by Gasteiger charge is -2.20. The number of hydrogen-bond donors (Lipinski definition) is 2. The molecule has 2 atom stereocenters. The summed E-state index contributed by atoms with van der Waals surface area (Å²) in [5.41, 5.74) is 0. The van der Waals surface area contributed by atoms with Gasteiger partial charge in [-0.1, -0.05) is 125 Å². The number of ether oxygens (including phenoxy) is 2. The van der Waals surface area contributed by atoms with Gasteiger partial charge in [-0.05, 0) is 96.9 Å². The van der Waals surface area contributed by atoms with E-state index in [1.165, 1.54) is 44.9 Å². The van der Waals surface area contributed by atoms with Gasteiger partial charge in [-0.15, -0.1) is 0 Å². The summed E-state index contributed by atoms with van der Waals surface area (Å²) >= 11 is 0. The molecule has 0 spiro atoms. The summed E-state index contributed by atoms with van der Waals surface area (Å²) in [5.74, 6) is -0.927.